The van der Waals surface area contributed by atoms with Gasteiger partial charge in [0.2, 0.25) is 5.89 Å². The minimum atomic E-state index is 0.601. The van der Waals surface area contributed by atoms with E-state index in [4.69, 9.17) is 13.8 Å². The lowest BCUT2D eigenvalue weighted by molar-refractivity contribution is 0.622. The van der Waals surface area contributed by atoms with Crippen LogP contribution >= 0.6 is 0 Å². The van der Waals surface area contributed by atoms with Gasteiger partial charge in [0.05, 0.1) is 16.4 Å². The van der Waals surface area contributed by atoms with E-state index in [0.29, 0.717) is 5.89 Å². The molecule has 210 valence electrons. The Morgan fingerprint density at radius 2 is 1.13 bits per heavy atom. The van der Waals surface area contributed by atoms with Crippen molar-refractivity contribution in [3.63, 3.8) is 0 Å². The van der Waals surface area contributed by atoms with Crippen LogP contribution in [0.2, 0.25) is 0 Å². The van der Waals surface area contributed by atoms with Crippen LogP contribution in [0.25, 0.3) is 93.9 Å². The Labute approximate surface area is 257 Å². The number of nitrogens with zero attached hydrogens (tertiary/aromatic N) is 2. The molecular weight excluding hydrogens is 552 g/mol. The highest BCUT2D eigenvalue weighted by molar-refractivity contribution is 6.16. The fourth-order valence-corrected chi connectivity index (χ4v) is 6.86. The normalized spacial score (nSPS) is 12.0. The van der Waals surface area contributed by atoms with Gasteiger partial charge >= 0.3 is 0 Å². The maximum atomic E-state index is 6.36. The quantitative estimate of drug-likeness (QED) is 0.210. The standard InChI is InChI=1S/C41H24N2O2/c1-2-8-29-24-36-33(23-28(29)7-1)31-9-3-5-11-35(31)43(36)30-19-17-26(18-20-30)25-13-15-27(16-14-25)41-42-34-21-22-38-39(40(34)45-41)32-10-4-6-12-37(32)44-38/h1-24H. The molecule has 3 heterocycles. The number of fused-ring (bicyclic) bond motifs is 9. The van der Waals surface area contributed by atoms with Gasteiger partial charge in [-0.2, -0.15) is 0 Å². The van der Waals surface area contributed by atoms with E-state index in [1.54, 1.807) is 0 Å². The van der Waals surface area contributed by atoms with Gasteiger partial charge < -0.3 is 13.4 Å². The minimum Gasteiger partial charge on any atom is -0.456 e. The third-order valence-corrected chi connectivity index (χ3v) is 9.03. The molecule has 0 aliphatic carbocycles. The smallest absolute Gasteiger partial charge is 0.227 e. The van der Waals surface area contributed by atoms with Gasteiger partial charge in [-0.15, -0.1) is 0 Å². The molecule has 45 heavy (non-hydrogen) atoms. The second-order valence-corrected chi connectivity index (χ2v) is 11.6. The molecule has 10 rings (SSSR count). The van der Waals surface area contributed by atoms with E-state index < -0.39 is 0 Å². The molecule has 0 unspecified atom stereocenters. The first-order chi connectivity index (χ1) is 22.3. The Balaban J connectivity index is 1.02. The number of oxazole rings is 1. The molecule has 7 aromatic carbocycles. The molecule has 3 aromatic heterocycles. The van der Waals surface area contributed by atoms with Crippen LogP contribution in [-0.2, 0) is 0 Å². The van der Waals surface area contributed by atoms with Gasteiger partial charge in [-0.3, -0.25) is 0 Å². The van der Waals surface area contributed by atoms with Crippen LogP contribution in [0.3, 0.4) is 0 Å². The summed E-state index contributed by atoms with van der Waals surface area (Å²) in [5.74, 6) is 0.601. The van der Waals surface area contributed by atoms with E-state index in [1.165, 1.54) is 32.6 Å². The Bertz CT molecular complexity index is 2740. The van der Waals surface area contributed by atoms with Crippen molar-refractivity contribution in [1.29, 1.82) is 0 Å². The number of hydrogen-bond donors (Lipinski definition) is 0. The summed E-state index contributed by atoms with van der Waals surface area (Å²) in [4.78, 5) is 4.82. The predicted molar refractivity (Wildman–Crippen MR) is 184 cm³/mol. The molecule has 4 nitrogen and oxygen atoms in total. The highest BCUT2D eigenvalue weighted by Gasteiger charge is 2.17. The summed E-state index contributed by atoms with van der Waals surface area (Å²) in [5, 5.41) is 7.03. The topological polar surface area (TPSA) is 44.1 Å². The van der Waals surface area contributed by atoms with E-state index in [1.807, 2.05) is 30.3 Å². The van der Waals surface area contributed by atoms with Crippen LogP contribution < -0.4 is 0 Å². The van der Waals surface area contributed by atoms with E-state index >= 15 is 0 Å². The lowest BCUT2D eigenvalue weighted by Gasteiger charge is -2.10. The lowest BCUT2D eigenvalue weighted by Crippen LogP contribution is -1.93. The maximum absolute atomic E-state index is 6.36. The number of furan rings is 1. The largest absolute Gasteiger partial charge is 0.456 e. The first-order valence-electron chi connectivity index (χ1n) is 15.1. The zero-order chi connectivity index (χ0) is 29.5. The molecule has 0 saturated carbocycles. The van der Waals surface area contributed by atoms with Gasteiger partial charge in [-0.25, -0.2) is 4.98 Å². The molecule has 0 N–H and O–H groups in total. The zero-order valence-corrected chi connectivity index (χ0v) is 24.1. The molecule has 10 aromatic rings. The summed E-state index contributed by atoms with van der Waals surface area (Å²) < 4.78 is 14.8. The van der Waals surface area contributed by atoms with Gasteiger partial charge in [0.25, 0.3) is 0 Å². The number of aromatic nitrogens is 2. The summed E-state index contributed by atoms with van der Waals surface area (Å²) in [5.41, 5.74) is 10.0. The average Bonchev–Trinajstić information content (AvgIpc) is 3.79. The van der Waals surface area contributed by atoms with Gasteiger partial charge in [-0.05, 0) is 82.6 Å². The number of rotatable bonds is 3. The molecule has 0 saturated heterocycles. The predicted octanol–water partition coefficient (Wildman–Crippen LogP) is 11.3. The molecule has 0 spiro atoms. The third-order valence-electron chi connectivity index (χ3n) is 9.03. The summed E-state index contributed by atoms with van der Waals surface area (Å²) in [6.45, 7) is 0. The first-order valence-corrected chi connectivity index (χ1v) is 15.1. The van der Waals surface area contributed by atoms with Crippen LogP contribution in [0.15, 0.2) is 154 Å². The van der Waals surface area contributed by atoms with Crippen molar-refractivity contribution >= 4 is 65.6 Å². The Kier molecular flexibility index (Phi) is 4.96. The second-order valence-electron chi connectivity index (χ2n) is 11.6. The van der Waals surface area contributed by atoms with E-state index in [0.717, 1.165) is 55.4 Å². The maximum Gasteiger partial charge on any atom is 0.227 e. The van der Waals surface area contributed by atoms with Gasteiger partial charge in [0.15, 0.2) is 5.58 Å². The lowest BCUT2D eigenvalue weighted by atomic mass is 10.0. The van der Waals surface area contributed by atoms with Crippen LogP contribution in [0, 0.1) is 0 Å². The van der Waals surface area contributed by atoms with Crippen molar-refractivity contribution in [2.45, 2.75) is 0 Å². The van der Waals surface area contributed by atoms with E-state index in [9.17, 15) is 0 Å². The monoisotopic (exact) mass is 576 g/mol. The van der Waals surface area contributed by atoms with Crippen molar-refractivity contribution in [3.05, 3.63) is 146 Å². The SMILES string of the molecule is c1ccc2cc3c(cc2c1)c1ccccc1n3-c1ccc(-c2ccc(-c3nc4ccc5oc6ccccc6c5c4o3)cc2)cc1. The Morgan fingerprint density at radius 3 is 1.96 bits per heavy atom. The van der Waals surface area contributed by atoms with Gasteiger partial charge in [0.1, 0.15) is 16.7 Å². The van der Waals surface area contributed by atoms with Gasteiger partial charge in [0, 0.05) is 27.4 Å². The number of hydrogen-bond acceptors (Lipinski definition) is 3. The Hall–Kier alpha value is -6.13. The summed E-state index contributed by atoms with van der Waals surface area (Å²) >= 11 is 0. The van der Waals surface area contributed by atoms with Gasteiger partial charge in [-0.1, -0.05) is 84.9 Å². The van der Waals surface area contributed by atoms with Crippen LogP contribution in [-0.4, -0.2) is 9.55 Å². The highest BCUT2D eigenvalue weighted by Crippen LogP contribution is 2.38. The van der Waals surface area contributed by atoms with Crippen LogP contribution in [0.1, 0.15) is 0 Å². The fourth-order valence-electron chi connectivity index (χ4n) is 6.86. The van der Waals surface area contributed by atoms with Crippen molar-refractivity contribution < 1.29 is 8.83 Å². The third kappa shape index (κ3) is 3.63. The van der Waals surface area contributed by atoms with Crippen molar-refractivity contribution in [2.24, 2.45) is 0 Å². The minimum absolute atomic E-state index is 0.601. The second kappa shape index (κ2) is 9.18. The molecule has 0 aliphatic heterocycles. The molecule has 4 heteroatoms. The molecule has 0 atom stereocenters. The molecule has 0 fully saturated rings. The molecule has 0 aliphatic rings. The summed E-state index contributed by atoms with van der Waals surface area (Å²) in [6, 6.07) is 51.1. The first kappa shape index (κ1) is 24.3. The highest BCUT2D eigenvalue weighted by atomic mass is 16.4. The van der Waals surface area contributed by atoms with E-state index in [2.05, 4.69) is 120 Å². The van der Waals surface area contributed by atoms with Crippen molar-refractivity contribution in [1.82, 2.24) is 9.55 Å². The number of benzene rings is 7. The fraction of sp³-hybridized carbons (Fsp3) is 0. The van der Waals surface area contributed by atoms with E-state index in [-0.39, 0.29) is 0 Å². The number of para-hydroxylation sites is 2. The zero-order valence-electron chi connectivity index (χ0n) is 24.1. The Morgan fingerprint density at radius 1 is 0.467 bits per heavy atom. The van der Waals surface area contributed by atoms with Crippen LogP contribution in [0.5, 0.6) is 0 Å². The van der Waals surface area contributed by atoms with Crippen LogP contribution in [0.4, 0.5) is 0 Å². The molecule has 0 radical (unpaired) electrons. The average molecular weight is 577 g/mol. The van der Waals surface area contributed by atoms with Crippen molar-refractivity contribution in [3.8, 4) is 28.3 Å². The summed E-state index contributed by atoms with van der Waals surface area (Å²) in [7, 11) is 0. The summed E-state index contributed by atoms with van der Waals surface area (Å²) in [6.07, 6.45) is 0. The molecule has 0 bridgehead atoms. The van der Waals surface area contributed by atoms with Crippen molar-refractivity contribution in [2.75, 3.05) is 0 Å². The molecule has 0 amide bonds. The molecular formula is C41H24N2O2.